The Morgan fingerprint density at radius 1 is 1.43 bits per heavy atom. The lowest BCUT2D eigenvalue weighted by molar-refractivity contribution is 0.0740. The largest absolute Gasteiger partial charge is 0.339 e. The van der Waals surface area contributed by atoms with Crippen LogP contribution in [0.3, 0.4) is 0 Å². The maximum Gasteiger partial charge on any atom is 0.253 e. The number of carbonyl (C=O) groups excluding carboxylic acids is 1. The zero-order valence-corrected chi connectivity index (χ0v) is 12.9. The molecule has 114 valence electrons. The van der Waals surface area contributed by atoms with Crippen LogP contribution in [0.5, 0.6) is 0 Å². The Morgan fingerprint density at radius 2 is 2.14 bits per heavy atom. The van der Waals surface area contributed by atoms with Crippen molar-refractivity contribution in [2.45, 2.75) is 27.2 Å². The number of hydrogen-bond acceptors (Lipinski definition) is 2. The highest BCUT2D eigenvalue weighted by Crippen LogP contribution is 2.13. The number of benzene rings is 1. The van der Waals surface area contributed by atoms with Gasteiger partial charge in [-0.1, -0.05) is 32.1 Å². The fourth-order valence-electron chi connectivity index (χ4n) is 1.94. The number of nitrogens with two attached hydrogens (primary N) is 1. The minimum Gasteiger partial charge on any atom is -0.339 e. The standard InChI is InChI=1S/C17H23FN2O/c1-4-13(3)12-20(5-2)17(21)15-9-8-14(7-6-10-19)16(18)11-15/h8-9,11,13H,4-5,10,12,19H2,1-3H3. The third-order valence-electron chi connectivity index (χ3n) is 3.44. The molecule has 0 bridgehead atoms. The Morgan fingerprint density at radius 3 is 2.67 bits per heavy atom. The number of hydrogen-bond donors (Lipinski definition) is 1. The SMILES string of the molecule is CCC(C)CN(CC)C(=O)c1ccc(C#CCN)c(F)c1. The van der Waals surface area contributed by atoms with Gasteiger partial charge in [-0.2, -0.15) is 0 Å². The van der Waals surface area contributed by atoms with Crippen molar-refractivity contribution >= 4 is 5.91 Å². The summed E-state index contributed by atoms with van der Waals surface area (Å²) in [5.41, 5.74) is 5.89. The molecule has 3 nitrogen and oxygen atoms in total. The Hall–Kier alpha value is -1.86. The van der Waals surface area contributed by atoms with Crippen LogP contribution in [0.2, 0.25) is 0 Å². The van der Waals surface area contributed by atoms with Crippen LogP contribution in [-0.2, 0) is 0 Å². The third-order valence-corrected chi connectivity index (χ3v) is 3.44. The number of rotatable bonds is 5. The summed E-state index contributed by atoms with van der Waals surface area (Å²) in [5.74, 6) is 5.05. The molecule has 21 heavy (non-hydrogen) atoms. The van der Waals surface area contributed by atoms with Gasteiger partial charge in [0.2, 0.25) is 0 Å². The first-order valence-corrected chi connectivity index (χ1v) is 7.31. The summed E-state index contributed by atoms with van der Waals surface area (Å²) in [7, 11) is 0. The van der Waals surface area contributed by atoms with Crippen LogP contribution in [0.4, 0.5) is 4.39 Å². The summed E-state index contributed by atoms with van der Waals surface area (Å²) in [6.07, 6.45) is 1.01. The molecule has 0 heterocycles. The normalized spacial score (nSPS) is 11.5. The van der Waals surface area contributed by atoms with Gasteiger partial charge in [-0.3, -0.25) is 4.79 Å². The number of amides is 1. The highest BCUT2D eigenvalue weighted by atomic mass is 19.1. The smallest absolute Gasteiger partial charge is 0.253 e. The maximum absolute atomic E-state index is 13.9. The number of carbonyl (C=O) groups is 1. The lowest BCUT2D eigenvalue weighted by Crippen LogP contribution is -2.34. The van der Waals surface area contributed by atoms with E-state index in [1.807, 2.05) is 6.92 Å². The second-order valence-corrected chi connectivity index (χ2v) is 5.06. The molecule has 1 aromatic carbocycles. The topological polar surface area (TPSA) is 46.3 Å². The van der Waals surface area contributed by atoms with Crippen molar-refractivity contribution < 1.29 is 9.18 Å². The van der Waals surface area contributed by atoms with Gasteiger partial charge in [-0.25, -0.2) is 4.39 Å². The van der Waals surface area contributed by atoms with Crippen molar-refractivity contribution in [1.82, 2.24) is 4.90 Å². The average molecular weight is 290 g/mol. The molecule has 1 atom stereocenters. The predicted molar refractivity (Wildman–Crippen MR) is 83.4 cm³/mol. The second kappa shape index (κ2) is 8.43. The van der Waals surface area contributed by atoms with Gasteiger partial charge in [0.25, 0.3) is 5.91 Å². The van der Waals surface area contributed by atoms with Crippen molar-refractivity contribution in [3.63, 3.8) is 0 Å². The van der Waals surface area contributed by atoms with Gasteiger partial charge in [0.1, 0.15) is 5.82 Å². The molecule has 0 radical (unpaired) electrons. The predicted octanol–water partition coefficient (Wildman–Crippen LogP) is 2.64. The number of nitrogens with zero attached hydrogens (tertiary/aromatic N) is 1. The van der Waals surface area contributed by atoms with Crippen LogP contribution in [0, 0.1) is 23.6 Å². The van der Waals surface area contributed by atoms with E-state index in [0.29, 0.717) is 24.6 Å². The van der Waals surface area contributed by atoms with E-state index in [1.54, 1.807) is 11.0 Å². The van der Waals surface area contributed by atoms with Gasteiger partial charge >= 0.3 is 0 Å². The summed E-state index contributed by atoms with van der Waals surface area (Å²) < 4.78 is 13.9. The van der Waals surface area contributed by atoms with Crippen LogP contribution < -0.4 is 5.73 Å². The van der Waals surface area contributed by atoms with E-state index in [1.165, 1.54) is 12.1 Å². The fourth-order valence-corrected chi connectivity index (χ4v) is 1.94. The zero-order chi connectivity index (χ0) is 15.8. The molecular weight excluding hydrogens is 267 g/mol. The molecule has 0 aromatic heterocycles. The molecule has 4 heteroatoms. The quantitative estimate of drug-likeness (QED) is 0.847. The minimum atomic E-state index is -0.485. The molecule has 0 fully saturated rings. The summed E-state index contributed by atoms with van der Waals surface area (Å²) in [6, 6.07) is 4.40. The van der Waals surface area contributed by atoms with Crippen molar-refractivity contribution in [2.24, 2.45) is 11.7 Å². The van der Waals surface area contributed by atoms with Gasteiger partial charge in [-0.05, 0) is 31.0 Å². The second-order valence-electron chi connectivity index (χ2n) is 5.06. The molecule has 0 aliphatic carbocycles. The van der Waals surface area contributed by atoms with Crippen LogP contribution >= 0.6 is 0 Å². The van der Waals surface area contributed by atoms with E-state index in [4.69, 9.17) is 5.73 Å². The first kappa shape index (κ1) is 17.2. The van der Waals surface area contributed by atoms with Gasteiger partial charge in [0, 0.05) is 18.7 Å². The zero-order valence-electron chi connectivity index (χ0n) is 12.9. The lowest BCUT2D eigenvalue weighted by atomic mass is 10.1. The molecule has 0 aliphatic rings. The van der Waals surface area contributed by atoms with Crippen LogP contribution in [-0.4, -0.2) is 30.4 Å². The molecular formula is C17H23FN2O. The maximum atomic E-state index is 13.9. The first-order valence-electron chi connectivity index (χ1n) is 7.31. The van der Waals surface area contributed by atoms with Crippen molar-refractivity contribution in [1.29, 1.82) is 0 Å². The molecule has 1 unspecified atom stereocenters. The van der Waals surface area contributed by atoms with Crippen LogP contribution in [0.25, 0.3) is 0 Å². The molecule has 1 rings (SSSR count). The summed E-state index contributed by atoms with van der Waals surface area (Å²) in [6.45, 7) is 7.59. The van der Waals surface area contributed by atoms with E-state index in [0.717, 1.165) is 6.42 Å². The van der Waals surface area contributed by atoms with Gasteiger partial charge in [-0.15, -0.1) is 0 Å². The monoisotopic (exact) mass is 290 g/mol. The van der Waals surface area contributed by atoms with Crippen molar-refractivity contribution in [2.75, 3.05) is 19.6 Å². The first-order chi connectivity index (χ1) is 10.0. The van der Waals surface area contributed by atoms with Gasteiger partial charge in [0.15, 0.2) is 0 Å². The molecule has 1 amide bonds. The van der Waals surface area contributed by atoms with Gasteiger partial charge in [0.05, 0.1) is 12.1 Å². The van der Waals surface area contributed by atoms with E-state index in [2.05, 4.69) is 25.7 Å². The molecule has 0 aliphatic heterocycles. The summed E-state index contributed by atoms with van der Waals surface area (Å²) in [5, 5.41) is 0. The lowest BCUT2D eigenvalue weighted by Gasteiger charge is -2.24. The summed E-state index contributed by atoms with van der Waals surface area (Å²) in [4.78, 5) is 14.2. The molecule has 0 spiro atoms. The van der Waals surface area contributed by atoms with E-state index in [9.17, 15) is 9.18 Å². The van der Waals surface area contributed by atoms with Crippen molar-refractivity contribution in [3.05, 3.63) is 35.1 Å². The Labute approximate surface area is 126 Å². The van der Waals surface area contributed by atoms with E-state index >= 15 is 0 Å². The highest BCUT2D eigenvalue weighted by Gasteiger charge is 2.17. The molecule has 0 saturated heterocycles. The fraction of sp³-hybridized carbons (Fsp3) is 0.471. The Bertz CT molecular complexity index is 545. The van der Waals surface area contributed by atoms with Crippen molar-refractivity contribution in [3.8, 4) is 11.8 Å². The van der Waals surface area contributed by atoms with E-state index < -0.39 is 5.82 Å². The Kier molecular flexibility index (Phi) is 6.90. The molecule has 0 saturated carbocycles. The number of halogens is 1. The molecule has 1 aromatic rings. The van der Waals surface area contributed by atoms with Crippen LogP contribution in [0.1, 0.15) is 43.1 Å². The average Bonchev–Trinajstić information content (AvgIpc) is 2.50. The molecule has 2 N–H and O–H groups in total. The highest BCUT2D eigenvalue weighted by molar-refractivity contribution is 5.94. The van der Waals surface area contributed by atoms with E-state index in [-0.39, 0.29) is 18.0 Å². The minimum absolute atomic E-state index is 0.143. The Balaban J connectivity index is 2.93. The van der Waals surface area contributed by atoms with Gasteiger partial charge < -0.3 is 10.6 Å². The van der Waals surface area contributed by atoms with Crippen LogP contribution in [0.15, 0.2) is 18.2 Å². The summed E-state index contributed by atoms with van der Waals surface area (Å²) >= 11 is 0. The third kappa shape index (κ3) is 4.87.